The normalized spacial score (nSPS) is 13.2. The van der Waals surface area contributed by atoms with Gasteiger partial charge in [0, 0.05) is 5.56 Å². The van der Waals surface area contributed by atoms with E-state index in [-0.39, 0.29) is 22.6 Å². The van der Waals surface area contributed by atoms with Gasteiger partial charge in [0.2, 0.25) is 0 Å². The molecule has 5 nitrogen and oxygen atoms in total. The molecular formula is C19H16F2N2O3S. The molecule has 0 fully saturated rings. The number of hydrogen-bond donors (Lipinski definition) is 0. The highest BCUT2D eigenvalue weighted by Crippen LogP contribution is 2.28. The number of ketones is 1. The first-order chi connectivity index (χ1) is 12.9. The van der Waals surface area contributed by atoms with Crippen molar-refractivity contribution in [2.75, 3.05) is 0 Å². The molecule has 2 atom stereocenters. The first-order valence-corrected chi connectivity index (χ1v) is 9.03. The minimum Gasteiger partial charge on any atom is -0.478 e. The van der Waals surface area contributed by atoms with E-state index in [9.17, 15) is 13.6 Å². The molecule has 0 amide bonds. The van der Waals surface area contributed by atoms with Gasteiger partial charge >= 0.3 is 0 Å². The van der Waals surface area contributed by atoms with Crippen molar-refractivity contribution in [3.63, 3.8) is 0 Å². The van der Waals surface area contributed by atoms with Crippen LogP contribution in [-0.2, 0) is 0 Å². The third kappa shape index (κ3) is 4.71. The van der Waals surface area contributed by atoms with Gasteiger partial charge in [0.1, 0.15) is 5.82 Å². The van der Waals surface area contributed by atoms with Crippen molar-refractivity contribution in [1.29, 1.82) is 0 Å². The Morgan fingerprint density at radius 3 is 2.48 bits per heavy atom. The summed E-state index contributed by atoms with van der Waals surface area (Å²) >= 11 is 1.09. The van der Waals surface area contributed by atoms with Crippen LogP contribution in [0.15, 0.2) is 58.2 Å². The molecule has 0 unspecified atom stereocenters. The van der Waals surface area contributed by atoms with Crippen molar-refractivity contribution in [3.05, 3.63) is 71.6 Å². The molecule has 0 aliphatic carbocycles. The Kier molecular flexibility index (Phi) is 5.85. The molecule has 140 valence electrons. The number of Topliss-reactive ketones (excluding diaryl/α,β-unsaturated/α-hetero) is 1. The second kappa shape index (κ2) is 8.30. The van der Waals surface area contributed by atoms with Crippen LogP contribution in [0.3, 0.4) is 0 Å². The average molecular weight is 390 g/mol. The van der Waals surface area contributed by atoms with E-state index in [1.165, 1.54) is 36.4 Å². The van der Waals surface area contributed by atoms with Gasteiger partial charge in [-0.15, -0.1) is 10.2 Å². The van der Waals surface area contributed by atoms with Gasteiger partial charge in [0.15, 0.2) is 23.5 Å². The van der Waals surface area contributed by atoms with Gasteiger partial charge < -0.3 is 9.15 Å². The van der Waals surface area contributed by atoms with Crippen LogP contribution in [0.5, 0.6) is 5.75 Å². The predicted molar refractivity (Wildman–Crippen MR) is 95.8 cm³/mol. The summed E-state index contributed by atoms with van der Waals surface area (Å²) in [6.07, 6.45) is -0.660. The summed E-state index contributed by atoms with van der Waals surface area (Å²) < 4.78 is 37.6. The highest BCUT2D eigenvalue weighted by atomic mass is 32.2. The summed E-state index contributed by atoms with van der Waals surface area (Å²) in [6.45, 7) is 3.35. The molecule has 1 aromatic heterocycles. The maximum atomic E-state index is 13.7. The Hall–Kier alpha value is -2.74. The summed E-state index contributed by atoms with van der Waals surface area (Å²) in [5.41, 5.74) is 0.396. The highest BCUT2D eigenvalue weighted by Gasteiger charge is 2.22. The van der Waals surface area contributed by atoms with Crippen LogP contribution in [0.25, 0.3) is 0 Å². The molecule has 0 radical (unpaired) electrons. The van der Waals surface area contributed by atoms with Crippen LogP contribution in [-0.4, -0.2) is 21.2 Å². The molecule has 0 saturated carbocycles. The minimum absolute atomic E-state index is 0.0808. The molecular weight excluding hydrogens is 374 g/mol. The fraction of sp³-hybridized carbons (Fsp3) is 0.211. The average Bonchev–Trinajstić information content (AvgIpc) is 3.12. The van der Waals surface area contributed by atoms with Gasteiger partial charge in [-0.1, -0.05) is 23.9 Å². The Morgan fingerprint density at radius 1 is 1.07 bits per heavy atom. The van der Waals surface area contributed by atoms with Crippen LogP contribution in [0.4, 0.5) is 8.78 Å². The van der Waals surface area contributed by atoms with E-state index >= 15 is 0 Å². The number of halogens is 2. The van der Waals surface area contributed by atoms with Crippen molar-refractivity contribution in [2.45, 2.75) is 30.4 Å². The molecule has 0 saturated heterocycles. The Bertz CT molecular complexity index is 931. The summed E-state index contributed by atoms with van der Waals surface area (Å²) in [6, 6.07) is 11.3. The third-order valence-electron chi connectivity index (χ3n) is 3.69. The Balaban J connectivity index is 1.64. The summed E-state index contributed by atoms with van der Waals surface area (Å²) in [5.74, 6) is -0.830. The second-order valence-electron chi connectivity index (χ2n) is 5.73. The van der Waals surface area contributed by atoms with Crippen LogP contribution < -0.4 is 4.74 Å². The van der Waals surface area contributed by atoms with Crippen molar-refractivity contribution >= 4 is 17.5 Å². The first-order valence-electron chi connectivity index (χ1n) is 8.15. The number of nitrogens with zero attached hydrogens (tertiary/aromatic N) is 2. The number of hydrogen-bond acceptors (Lipinski definition) is 6. The van der Waals surface area contributed by atoms with Crippen molar-refractivity contribution < 1.29 is 22.7 Å². The van der Waals surface area contributed by atoms with Crippen molar-refractivity contribution in [3.8, 4) is 5.75 Å². The van der Waals surface area contributed by atoms with Crippen LogP contribution >= 0.6 is 11.8 Å². The maximum absolute atomic E-state index is 13.7. The van der Waals surface area contributed by atoms with Gasteiger partial charge in [0.05, 0.1) is 5.25 Å². The van der Waals surface area contributed by atoms with Gasteiger partial charge in [-0.25, -0.2) is 8.78 Å². The first kappa shape index (κ1) is 19.0. The summed E-state index contributed by atoms with van der Waals surface area (Å²) in [4.78, 5) is 12.4. The van der Waals surface area contributed by atoms with E-state index in [0.29, 0.717) is 5.56 Å². The molecule has 0 N–H and O–H groups in total. The zero-order valence-corrected chi connectivity index (χ0v) is 15.4. The zero-order valence-electron chi connectivity index (χ0n) is 14.6. The van der Waals surface area contributed by atoms with Crippen LogP contribution in [0.2, 0.25) is 0 Å². The lowest BCUT2D eigenvalue weighted by Gasteiger charge is -2.11. The Morgan fingerprint density at radius 2 is 1.78 bits per heavy atom. The number of rotatable bonds is 7. The monoisotopic (exact) mass is 390 g/mol. The number of thioether (sulfide) groups is 1. The highest BCUT2D eigenvalue weighted by molar-refractivity contribution is 8.00. The second-order valence-corrected chi connectivity index (χ2v) is 7.02. The van der Waals surface area contributed by atoms with E-state index in [1.807, 2.05) is 0 Å². The smallest absolute Gasteiger partial charge is 0.277 e. The number of aromatic nitrogens is 2. The number of carbonyl (C=O) groups excluding carboxylic acids is 1. The third-order valence-corrected chi connectivity index (χ3v) is 4.62. The van der Waals surface area contributed by atoms with Crippen molar-refractivity contribution in [1.82, 2.24) is 10.2 Å². The van der Waals surface area contributed by atoms with Gasteiger partial charge in [-0.05, 0) is 50.2 Å². The van der Waals surface area contributed by atoms with Gasteiger partial charge in [-0.3, -0.25) is 4.79 Å². The fourth-order valence-electron chi connectivity index (χ4n) is 2.27. The quantitative estimate of drug-likeness (QED) is 0.424. The van der Waals surface area contributed by atoms with E-state index < -0.39 is 23.0 Å². The van der Waals surface area contributed by atoms with Gasteiger partial charge in [0.25, 0.3) is 11.1 Å². The van der Waals surface area contributed by atoms with Crippen LogP contribution in [0.1, 0.15) is 36.2 Å². The molecule has 8 heteroatoms. The van der Waals surface area contributed by atoms with E-state index in [1.54, 1.807) is 26.0 Å². The molecule has 2 aromatic carbocycles. The molecule has 0 aliphatic rings. The maximum Gasteiger partial charge on any atom is 0.277 e. The lowest BCUT2D eigenvalue weighted by atomic mass is 10.1. The number of ether oxygens (including phenoxy) is 1. The number of para-hydroxylation sites is 1. The lowest BCUT2D eigenvalue weighted by molar-refractivity contribution is 0.0993. The predicted octanol–water partition coefficient (Wildman–Crippen LogP) is 4.85. The molecule has 3 aromatic rings. The van der Waals surface area contributed by atoms with Crippen LogP contribution in [0, 0.1) is 11.6 Å². The number of carbonyl (C=O) groups is 1. The molecule has 0 bridgehead atoms. The standard InChI is InChI=1S/C19H16F2N2O3S/c1-11(25-16-6-4-3-5-15(16)21)18-22-23-19(26-18)27-12(2)17(24)13-7-9-14(20)10-8-13/h3-12H,1-2H3/t11-,12+/m0/s1. The summed E-state index contributed by atoms with van der Waals surface area (Å²) in [7, 11) is 0. The van der Waals surface area contributed by atoms with E-state index in [0.717, 1.165) is 11.8 Å². The summed E-state index contributed by atoms with van der Waals surface area (Å²) in [5, 5.41) is 7.47. The molecule has 3 rings (SSSR count). The fourth-order valence-corrected chi connectivity index (χ4v) is 3.03. The molecule has 1 heterocycles. The SMILES string of the molecule is C[C@H](Oc1ccccc1F)c1nnc(S[C@H](C)C(=O)c2ccc(F)cc2)o1. The topological polar surface area (TPSA) is 65.2 Å². The Labute approximate surface area is 158 Å². The van der Waals surface area contributed by atoms with Gasteiger partial charge in [-0.2, -0.15) is 0 Å². The van der Waals surface area contributed by atoms with E-state index in [2.05, 4.69) is 10.2 Å². The lowest BCUT2D eigenvalue weighted by Crippen LogP contribution is -2.13. The molecule has 0 spiro atoms. The van der Waals surface area contributed by atoms with E-state index in [4.69, 9.17) is 9.15 Å². The molecule has 0 aliphatic heterocycles. The zero-order chi connectivity index (χ0) is 19.4. The minimum atomic E-state index is -0.660. The molecule has 27 heavy (non-hydrogen) atoms. The van der Waals surface area contributed by atoms with Crippen molar-refractivity contribution in [2.24, 2.45) is 0 Å². The largest absolute Gasteiger partial charge is 0.478 e. The number of benzene rings is 2.